The number of rotatable bonds is 6. The van der Waals surface area contributed by atoms with Crippen LogP contribution in [-0.2, 0) is 10.0 Å². The molecule has 0 fully saturated rings. The number of anilines is 1. The maximum atomic E-state index is 13.0. The van der Waals surface area contributed by atoms with Crippen LogP contribution >= 0.6 is 15.9 Å². The Hall–Kier alpha value is -2.06. The minimum atomic E-state index is -3.86. The first kappa shape index (κ1) is 19.3. The van der Waals surface area contributed by atoms with Crippen molar-refractivity contribution >= 4 is 37.6 Å². The number of benzene rings is 2. The fourth-order valence-electron chi connectivity index (χ4n) is 2.26. The van der Waals surface area contributed by atoms with Crippen molar-refractivity contribution in [3.63, 3.8) is 0 Å². The number of hydrogen-bond donors (Lipinski definition) is 2. The number of carboxylic acids is 1. The van der Waals surface area contributed by atoms with Crippen LogP contribution in [0.15, 0.2) is 51.8 Å². The maximum absolute atomic E-state index is 13.0. The zero-order valence-corrected chi connectivity index (χ0v) is 16.1. The van der Waals surface area contributed by atoms with Gasteiger partial charge in [-0.15, -0.1) is 0 Å². The molecule has 2 rings (SSSR count). The lowest BCUT2D eigenvalue weighted by atomic mass is 10.1. The summed E-state index contributed by atoms with van der Waals surface area (Å²) in [6.07, 6.45) is 0. The van der Waals surface area contributed by atoms with E-state index in [1.54, 1.807) is 12.1 Å². The summed E-state index contributed by atoms with van der Waals surface area (Å²) in [6, 6.07) is 9.95. The average molecular weight is 428 g/mol. The van der Waals surface area contributed by atoms with Crippen molar-refractivity contribution in [2.75, 3.05) is 10.8 Å². The minimum absolute atomic E-state index is 0.0199. The maximum Gasteiger partial charge on any atom is 0.339 e. The highest BCUT2D eigenvalue weighted by Gasteiger charge is 2.26. The molecule has 2 N–H and O–H groups in total. The van der Waals surface area contributed by atoms with Gasteiger partial charge in [0.15, 0.2) is 0 Å². The summed E-state index contributed by atoms with van der Waals surface area (Å²) in [5.41, 5.74) is -0.0756. The van der Waals surface area contributed by atoms with Gasteiger partial charge in [0.05, 0.1) is 10.6 Å². The fraction of sp³-hybridized carbons (Fsp3) is 0.235. The molecule has 0 amide bonds. The lowest BCUT2D eigenvalue weighted by Gasteiger charge is -2.26. The highest BCUT2D eigenvalue weighted by molar-refractivity contribution is 9.10. The third-order valence-corrected chi connectivity index (χ3v) is 5.77. The van der Waals surface area contributed by atoms with Gasteiger partial charge in [-0.3, -0.25) is 4.31 Å². The molecular weight excluding hydrogens is 410 g/mol. The van der Waals surface area contributed by atoms with E-state index in [1.807, 2.05) is 13.8 Å². The van der Waals surface area contributed by atoms with E-state index in [-0.39, 0.29) is 28.6 Å². The van der Waals surface area contributed by atoms with E-state index in [4.69, 9.17) is 5.11 Å². The zero-order valence-electron chi connectivity index (χ0n) is 13.7. The molecule has 0 spiro atoms. The molecule has 0 aromatic heterocycles. The summed E-state index contributed by atoms with van der Waals surface area (Å²) < 4.78 is 28.0. The van der Waals surface area contributed by atoms with Crippen molar-refractivity contribution in [2.24, 2.45) is 5.92 Å². The van der Waals surface area contributed by atoms with Crippen LogP contribution in [0.4, 0.5) is 5.69 Å². The summed E-state index contributed by atoms with van der Waals surface area (Å²) in [5.74, 6) is -1.74. The Labute approximate surface area is 154 Å². The molecule has 0 radical (unpaired) electrons. The third kappa shape index (κ3) is 4.32. The first-order chi connectivity index (χ1) is 11.6. The SMILES string of the molecule is CC(C)CN(c1ccc(C(=O)O)c(O)c1)S(=O)(=O)c1ccc(Br)cc1. The summed E-state index contributed by atoms with van der Waals surface area (Å²) >= 11 is 3.27. The van der Waals surface area contributed by atoms with Crippen molar-refractivity contribution in [3.05, 3.63) is 52.5 Å². The van der Waals surface area contributed by atoms with E-state index >= 15 is 0 Å². The number of aromatic carboxylic acids is 1. The molecule has 0 bridgehead atoms. The molecule has 0 saturated heterocycles. The molecule has 25 heavy (non-hydrogen) atoms. The number of carboxylic acid groups (broad SMARTS) is 1. The van der Waals surface area contributed by atoms with Gasteiger partial charge in [0, 0.05) is 17.1 Å². The molecule has 2 aromatic carbocycles. The van der Waals surface area contributed by atoms with Crippen molar-refractivity contribution in [2.45, 2.75) is 18.7 Å². The Kier molecular flexibility index (Phi) is 5.74. The van der Waals surface area contributed by atoms with Crippen LogP contribution in [0.1, 0.15) is 24.2 Å². The van der Waals surface area contributed by atoms with Crippen LogP contribution in [0.5, 0.6) is 5.75 Å². The molecule has 2 aromatic rings. The Morgan fingerprint density at radius 1 is 1.16 bits per heavy atom. The first-order valence-corrected chi connectivity index (χ1v) is 9.71. The van der Waals surface area contributed by atoms with E-state index < -0.39 is 21.7 Å². The molecule has 0 aliphatic heterocycles. The molecule has 0 unspecified atom stereocenters. The van der Waals surface area contributed by atoms with E-state index in [2.05, 4.69) is 15.9 Å². The monoisotopic (exact) mass is 427 g/mol. The molecule has 6 nitrogen and oxygen atoms in total. The van der Waals surface area contributed by atoms with Gasteiger partial charge >= 0.3 is 5.97 Å². The van der Waals surface area contributed by atoms with Gasteiger partial charge < -0.3 is 10.2 Å². The van der Waals surface area contributed by atoms with Gasteiger partial charge in [-0.1, -0.05) is 29.8 Å². The zero-order chi connectivity index (χ0) is 18.8. The van der Waals surface area contributed by atoms with E-state index in [0.717, 1.165) is 10.5 Å². The lowest BCUT2D eigenvalue weighted by molar-refractivity contribution is 0.0694. The van der Waals surface area contributed by atoms with Crippen LogP contribution in [0.25, 0.3) is 0 Å². The van der Waals surface area contributed by atoms with Gasteiger partial charge in [-0.05, 0) is 42.3 Å². The summed E-state index contributed by atoms with van der Waals surface area (Å²) in [5, 5.41) is 18.9. The Morgan fingerprint density at radius 3 is 2.24 bits per heavy atom. The topological polar surface area (TPSA) is 94.9 Å². The van der Waals surface area contributed by atoms with Crippen LogP contribution in [-0.4, -0.2) is 31.1 Å². The van der Waals surface area contributed by atoms with Gasteiger partial charge in [-0.25, -0.2) is 13.2 Å². The van der Waals surface area contributed by atoms with Crippen LogP contribution in [0, 0.1) is 5.92 Å². The van der Waals surface area contributed by atoms with Crippen molar-refractivity contribution in [3.8, 4) is 5.75 Å². The molecule has 0 saturated carbocycles. The Bertz CT molecular complexity index is 878. The van der Waals surface area contributed by atoms with E-state index in [1.165, 1.54) is 28.6 Å². The number of sulfonamides is 1. The number of aromatic hydroxyl groups is 1. The summed E-state index contributed by atoms with van der Waals surface area (Å²) in [4.78, 5) is 11.1. The quantitative estimate of drug-likeness (QED) is 0.732. The van der Waals surface area contributed by atoms with Gasteiger partial charge in [-0.2, -0.15) is 0 Å². The highest BCUT2D eigenvalue weighted by atomic mass is 79.9. The second-order valence-corrected chi connectivity index (χ2v) is 8.67. The largest absolute Gasteiger partial charge is 0.507 e. The molecule has 0 heterocycles. The molecule has 0 atom stereocenters. The number of nitrogens with zero attached hydrogens (tertiary/aromatic N) is 1. The van der Waals surface area contributed by atoms with Crippen molar-refractivity contribution in [1.29, 1.82) is 0 Å². The number of halogens is 1. The van der Waals surface area contributed by atoms with Gasteiger partial charge in [0.25, 0.3) is 10.0 Å². The number of carbonyl (C=O) groups is 1. The standard InChI is InChI=1S/C17H18BrNO5S/c1-11(2)10-19(13-5-8-15(17(21)22)16(20)9-13)25(23,24)14-6-3-12(18)4-7-14/h3-9,11,20H,10H2,1-2H3,(H,21,22). The fourth-order valence-corrected chi connectivity index (χ4v) is 4.15. The normalized spacial score (nSPS) is 11.5. The second-order valence-electron chi connectivity index (χ2n) is 5.89. The van der Waals surface area contributed by atoms with E-state index in [9.17, 15) is 18.3 Å². The van der Waals surface area contributed by atoms with Gasteiger partial charge in [0.1, 0.15) is 11.3 Å². The molecule has 0 aliphatic rings. The Morgan fingerprint density at radius 2 is 1.76 bits per heavy atom. The summed E-state index contributed by atoms with van der Waals surface area (Å²) in [6.45, 7) is 3.93. The minimum Gasteiger partial charge on any atom is -0.507 e. The van der Waals surface area contributed by atoms with E-state index in [0.29, 0.717) is 0 Å². The van der Waals surface area contributed by atoms with Crippen molar-refractivity contribution < 1.29 is 23.4 Å². The smallest absolute Gasteiger partial charge is 0.339 e. The van der Waals surface area contributed by atoms with Crippen LogP contribution in [0.2, 0.25) is 0 Å². The molecule has 8 heteroatoms. The predicted octanol–water partition coefficient (Wildman–Crippen LogP) is 3.70. The first-order valence-electron chi connectivity index (χ1n) is 7.47. The third-order valence-electron chi connectivity index (χ3n) is 3.43. The molecule has 0 aliphatic carbocycles. The summed E-state index contributed by atoms with van der Waals surface area (Å²) in [7, 11) is -3.86. The average Bonchev–Trinajstić information content (AvgIpc) is 2.52. The Balaban J connectivity index is 2.54. The predicted molar refractivity (Wildman–Crippen MR) is 98.6 cm³/mol. The molecule has 134 valence electrons. The highest BCUT2D eigenvalue weighted by Crippen LogP contribution is 2.30. The van der Waals surface area contributed by atoms with Crippen LogP contribution < -0.4 is 4.31 Å². The van der Waals surface area contributed by atoms with Gasteiger partial charge in [0.2, 0.25) is 0 Å². The lowest BCUT2D eigenvalue weighted by Crippen LogP contribution is -2.34. The number of hydrogen-bond acceptors (Lipinski definition) is 4. The molecular formula is C17H18BrNO5S. The van der Waals surface area contributed by atoms with Crippen molar-refractivity contribution in [1.82, 2.24) is 0 Å². The number of phenols is 1. The second kappa shape index (κ2) is 7.45. The van der Waals surface area contributed by atoms with Crippen LogP contribution in [0.3, 0.4) is 0 Å².